The summed E-state index contributed by atoms with van der Waals surface area (Å²) in [5.41, 5.74) is 5.92. The maximum Gasteiger partial charge on any atom is 0.412 e. The van der Waals surface area contributed by atoms with Crippen molar-refractivity contribution in [2.75, 3.05) is 11.4 Å². The van der Waals surface area contributed by atoms with Crippen LogP contribution in [-0.4, -0.2) is 59.9 Å². The van der Waals surface area contributed by atoms with Gasteiger partial charge in [0.1, 0.15) is 22.8 Å². The number of anilines is 1. The fourth-order valence-electron chi connectivity index (χ4n) is 8.59. The van der Waals surface area contributed by atoms with Crippen LogP contribution in [0.2, 0.25) is 18.1 Å². The molecule has 2 amide bonds. The number of phenols is 1. The van der Waals surface area contributed by atoms with E-state index in [-0.39, 0.29) is 34.5 Å². The van der Waals surface area contributed by atoms with Crippen LogP contribution < -0.4 is 25.8 Å². The van der Waals surface area contributed by atoms with Gasteiger partial charge in [-0.1, -0.05) is 106 Å². The van der Waals surface area contributed by atoms with Crippen LogP contribution in [0.4, 0.5) is 15.3 Å². The third-order valence-corrected chi connectivity index (χ3v) is 17.7. The van der Waals surface area contributed by atoms with Crippen LogP contribution in [0.3, 0.4) is 0 Å². The van der Waals surface area contributed by atoms with Crippen molar-refractivity contribution < 1.29 is 33.7 Å². The minimum absolute atomic E-state index is 0.0230. The summed E-state index contributed by atoms with van der Waals surface area (Å²) in [7, 11) is -2.22. The van der Waals surface area contributed by atoms with Crippen molar-refractivity contribution in [3.8, 4) is 28.4 Å². The zero-order valence-electron chi connectivity index (χ0n) is 41.7. The van der Waals surface area contributed by atoms with E-state index >= 15 is 0 Å². The standard InChI is InChI=1S/C57H68N4O8Si/c1-56(2,3)68-54(64)59-42-22-24-43(25-23-42)61(55(65)66)49-35-39(21-30-46(49)41-15-10-9-11-16-41)14-12-13-38-17-26-44(27-18-38)67-45-28-19-40(20-29-45)36-58-37-51(69-70(7,8)57(4,5)6)47-31-33-50(62)53-48(47)32-34-52(63)60-53/h9-12,14-21,26-35,42-43,51,58,62H,13,22-25,36-37H2,1-8H3,(H,59,64)(H,60,63)(H,65,66)/t42?,43?,51-/m0/s1. The summed E-state index contributed by atoms with van der Waals surface area (Å²) in [5, 5.41) is 28.5. The molecule has 70 heavy (non-hydrogen) atoms. The highest BCUT2D eigenvalue weighted by molar-refractivity contribution is 6.74. The van der Waals surface area contributed by atoms with Crippen LogP contribution >= 0.6 is 0 Å². The number of hydrogen-bond acceptors (Lipinski definition) is 8. The number of benzene rings is 5. The fourth-order valence-corrected chi connectivity index (χ4v) is 9.87. The molecule has 0 radical (unpaired) electrons. The number of rotatable bonds is 16. The number of fused-ring (bicyclic) bond motifs is 1. The lowest BCUT2D eigenvalue weighted by Gasteiger charge is -2.39. The summed E-state index contributed by atoms with van der Waals surface area (Å²) in [6.07, 6.45) is 5.50. The van der Waals surface area contributed by atoms with Crippen LogP contribution in [0, 0.1) is 0 Å². The van der Waals surface area contributed by atoms with Gasteiger partial charge in [0.2, 0.25) is 5.56 Å². The first kappa shape index (κ1) is 51.2. The Hall–Kier alpha value is -6.67. The number of aromatic nitrogens is 1. The van der Waals surface area contributed by atoms with Crippen molar-refractivity contribution in [1.82, 2.24) is 15.6 Å². The molecular weight excluding hydrogens is 897 g/mol. The molecule has 0 saturated heterocycles. The molecule has 1 saturated carbocycles. The molecule has 1 fully saturated rings. The lowest BCUT2D eigenvalue weighted by molar-refractivity contribution is 0.0490. The molecule has 1 aliphatic rings. The van der Waals surface area contributed by atoms with E-state index < -0.39 is 26.1 Å². The van der Waals surface area contributed by atoms with Crippen molar-refractivity contribution in [1.29, 1.82) is 0 Å². The summed E-state index contributed by atoms with van der Waals surface area (Å²) >= 11 is 0. The van der Waals surface area contributed by atoms with Crippen molar-refractivity contribution >= 4 is 43.2 Å². The third-order valence-electron chi connectivity index (χ3n) is 13.3. The number of amides is 2. The van der Waals surface area contributed by atoms with E-state index in [0.29, 0.717) is 56.4 Å². The van der Waals surface area contributed by atoms with Crippen LogP contribution in [0.15, 0.2) is 132 Å². The molecule has 5 aromatic carbocycles. The Balaban J connectivity index is 0.964. The molecule has 13 heteroatoms. The van der Waals surface area contributed by atoms with E-state index in [4.69, 9.17) is 13.9 Å². The fraction of sp³-hybridized carbons (Fsp3) is 0.351. The molecule has 0 aliphatic heterocycles. The highest BCUT2D eigenvalue weighted by Crippen LogP contribution is 2.42. The van der Waals surface area contributed by atoms with Gasteiger partial charge in [0, 0.05) is 42.2 Å². The normalized spacial score (nSPS) is 15.9. The Kier molecular flexibility index (Phi) is 16.1. The number of phenolic OH excluding ortho intramolecular Hbond substituents is 1. The van der Waals surface area contributed by atoms with Gasteiger partial charge in [-0.2, -0.15) is 0 Å². The van der Waals surface area contributed by atoms with E-state index in [1.54, 1.807) is 12.1 Å². The lowest BCUT2D eigenvalue weighted by Crippen LogP contribution is -2.47. The highest BCUT2D eigenvalue weighted by Gasteiger charge is 2.40. The highest BCUT2D eigenvalue weighted by atomic mass is 28.4. The molecule has 7 rings (SSSR count). The molecule has 1 aromatic heterocycles. The number of carboxylic acid groups (broad SMARTS) is 1. The van der Waals surface area contributed by atoms with Crippen molar-refractivity contribution in [2.45, 2.75) is 122 Å². The minimum atomic E-state index is -2.22. The SMILES string of the molecule is CC(C)(C)OC(=O)NC1CCC(N(C(=O)O)c2cc(C=CCc3ccc(Oc4ccc(CNC[C@H](O[Si](C)(C)C(C)(C)C)c5ccc(O)c6[nH]c(=O)ccc56)cc4)cc3)ccc2-c2ccccc2)CC1. The number of pyridine rings is 1. The number of allylic oxidation sites excluding steroid dienone is 1. The average molecular weight is 965 g/mol. The third kappa shape index (κ3) is 13.3. The number of aromatic hydroxyl groups is 1. The van der Waals surface area contributed by atoms with Gasteiger partial charge in [0.15, 0.2) is 8.32 Å². The second-order valence-corrected chi connectivity index (χ2v) is 25.5. The largest absolute Gasteiger partial charge is 0.506 e. The first-order valence-corrected chi connectivity index (χ1v) is 27.1. The lowest BCUT2D eigenvalue weighted by atomic mass is 9.89. The number of carbonyl (C=O) groups excluding carboxylic acids is 1. The number of hydrogen-bond donors (Lipinski definition) is 5. The van der Waals surface area contributed by atoms with E-state index in [0.717, 1.165) is 50.3 Å². The van der Waals surface area contributed by atoms with Gasteiger partial charge in [0.25, 0.3) is 0 Å². The summed E-state index contributed by atoms with van der Waals surface area (Å²) in [6, 6.07) is 38.2. The molecule has 5 N–H and O–H groups in total. The Morgan fingerprint density at radius 2 is 1.49 bits per heavy atom. The van der Waals surface area contributed by atoms with Crippen LogP contribution in [0.5, 0.6) is 17.2 Å². The Morgan fingerprint density at radius 3 is 2.11 bits per heavy atom. The number of nitrogens with one attached hydrogen (secondary N) is 3. The number of ether oxygens (including phenoxy) is 2. The van der Waals surface area contributed by atoms with Gasteiger partial charge in [0.05, 0.1) is 17.3 Å². The Morgan fingerprint density at radius 1 is 0.829 bits per heavy atom. The molecule has 1 atom stereocenters. The Bertz CT molecular complexity index is 2820. The first-order valence-electron chi connectivity index (χ1n) is 24.2. The Labute approximate surface area is 412 Å². The maximum atomic E-state index is 13.1. The van der Waals surface area contributed by atoms with Gasteiger partial charge in [-0.05, 0) is 141 Å². The summed E-state index contributed by atoms with van der Waals surface area (Å²) in [5.74, 6) is 1.46. The zero-order valence-corrected chi connectivity index (χ0v) is 42.7. The number of H-pyrrole nitrogens is 1. The molecule has 1 aliphatic carbocycles. The number of carbonyl (C=O) groups is 2. The predicted molar refractivity (Wildman–Crippen MR) is 282 cm³/mol. The summed E-state index contributed by atoms with van der Waals surface area (Å²) in [4.78, 5) is 42.0. The van der Waals surface area contributed by atoms with E-state index in [1.165, 1.54) is 11.0 Å². The van der Waals surface area contributed by atoms with Crippen LogP contribution in [0.1, 0.15) is 95.6 Å². The van der Waals surface area contributed by atoms with Gasteiger partial charge < -0.3 is 39.7 Å². The molecule has 6 aromatic rings. The average Bonchev–Trinajstić information content (AvgIpc) is 3.30. The number of alkyl carbamates (subject to hydrolysis) is 1. The quantitative estimate of drug-likeness (QED) is 0.0594. The van der Waals surface area contributed by atoms with Crippen LogP contribution in [0.25, 0.3) is 28.1 Å². The van der Waals surface area contributed by atoms with Gasteiger partial charge in [-0.3, -0.25) is 9.69 Å². The number of nitrogens with zero attached hydrogens (tertiary/aromatic N) is 1. The first-order chi connectivity index (χ1) is 33.2. The number of aromatic amines is 1. The van der Waals surface area contributed by atoms with Gasteiger partial charge >= 0.3 is 12.2 Å². The molecule has 12 nitrogen and oxygen atoms in total. The molecule has 0 spiro atoms. The second-order valence-electron chi connectivity index (χ2n) is 20.7. The smallest absolute Gasteiger partial charge is 0.412 e. The molecule has 368 valence electrons. The topological polar surface area (TPSA) is 162 Å². The summed E-state index contributed by atoms with van der Waals surface area (Å²) < 4.78 is 18.6. The van der Waals surface area contributed by atoms with E-state index in [2.05, 4.69) is 55.6 Å². The van der Waals surface area contributed by atoms with Crippen LogP contribution in [-0.2, 0) is 22.1 Å². The predicted octanol–water partition coefficient (Wildman–Crippen LogP) is 13.1. The molecular formula is C57H68N4O8Si. The van der Waals surface area contributed by atoms with Gasteiger partial charge in [-0.15, -0.1) is 0 Å². The van der Waals surface area contributed by atoms with Gasteiger partial charge in [-0.25, -0.2) is 9.59 Å². The van der Waals surface area contributed by atoms with E-state index in [9.17, 15) is 24.6 Å². The minimum Gasteiger partial charge on any atom is -0.506 e. The second kappa shape index (κ2) is 22.0. The van der Waals surface area contributed by atoms with E-state index in [1.807, 2.05) is 130 Å². The van der Waals surface area contributed by atoms with Crippen molar-refractivity contribution in [2.24, 2.45) is 0 Å². The maximum absolute atomic E-state index is 13.1. The van der Waals surface area contributed by atoms with Crippen molar-refractivity contribution in [3.05, 3.63) is 160 Å². The van der Waals surface area contributed by atoms with Crippen molar-refractivity contribution in [3.63, 3.8) is 0 Å². The summed E-state index contributed by atoms with van der Waals surface area (Å²) in [6.45, 7) is 17.7. The molecule has 0 bridgehead atoms. The zero-order chi connectivity index (χ0) is 50.2. The monoisotopic (exact) mass is 964 g/mol. The molecule has 1 heterocycles. The molecule has 0 unspecified atom stereocenters.